The Morgan fingerprint density at radius 3 is 2.68 bits per heavy atom. The maximum atomic E-state index is 10.5. The van der Waals surface area contributed by atoms with Gasteiger partial charge in [-0.25, -0.2) is 0 Å². The fourth-order valence-electron chi connectivity index (χ4n) is 2.43. The Balaban J connectivity index is 1.99. The summed E-state index contributed by atoms with van der Waals surface area (Å²) in [5.74, 6) is -0.641. The first-order valence-electron chi connectivity index (χ1n) is 7.40. The molecule has 124 valence electrons. The smallest absolute Gasteiger partial charge is 0.163 e. The number of hydroxylamine groups is 2. The van der Waals surface area contributed by atoms with Crippen LogP contribution < -0.4 is 0 Å². The summed E-state index contributed by atoms with van der Waals surface area (Å²) in [6, 6.07) is 9.42. The van der Waals surface area contributed by atoms with Gasteiger partial charge in [0.15, 0.2) is 5.79 Å². The van der Waals surface area contributed by atoms with E-state index in [4.69, 9.17) is 18.9 Å². The van der Waals surface area contributed by atoms with Gasteiger partial charge in [0.2, 0.25) is 0 Å². The van der Waals surface area contributed by atoms with Crippen LogP contribution in [-0.2, 0) is 25.5 Å². The Morgan fingerprint density at radius 1 is 1.36 bits per heavy atom. The number of rotatable bonds is 8. The van der Waals surface area contributed by atoms with Crippen LogP contribution in [0.1, 0.15) is 19.4 Å². The highest BCUT2D eigenvalue weighted by molar-refractivity contribution is 5.14. The highest BCUT2D eigenvalue weighted by Crippen LogP contribution is 2.26. The van der Waals surface area contributed by atoms with Gasteiger partial charge in [-0.3, -0.25) is 0 Å². The van der Waals surface area contributed by atoms with Crippen molar-refractivity contribution < 1.29 is 24.2 Å². The molecule has 0 saturated carbocycles. The summed E-state index contributed by atoms with van der Waals surface area (Å²) in [4.78, 5) is 0. The molecule has 6 nitrogen and oxygen atoms in total. The molecule has 0 amide bonds. The van der Waals surface area contributed by atoms with Crippen molar-refractivity contribution in [1.82, 2.24) is 5.06 Å². The number of methoxy groups -OCH3 is 1. The zero-order valence-electron chi connectivity index (χ0n) is 13.4. The van der Waals surface area contributed by atoms with E-state index < -0.39 is 5.79 Å². The minimum absolute atomic E-state index is 0.173. The molecule has 22 heavy (non-hydrogen) atoms. The third-order valence-corrected chi connectivity index (χ3v) is 3.52. The van der Waals surface area contributed by atoms with Crippen LogP contribution in [0.25, 0.3) is 0 Å². The van der Waals surface area contributed by atoms with Crippen molar-refractivity contribution in [3.05, 3.63) is 35.9 Å². The summed E-state index contributed by atoms with van der Waals surface area (Å²) in [5, 5.41) is 11.7. The maximum absolute atomic E-state index is 10.5. The van der Waals surface area contributed by atoms with E-state index in [2.05, 4.69) is 0 Å². The third-order valence-electron chi connectivity index (χ3n) is 3.52. The lowest BCUT2D eigenvalue weighted by atomic mass is 10.1. The Morgan fingerprint density at radius 2 is 2.09 bits per heavy atom. The minimum Gasteiger partial charge on any atom is -0.359 e. The van der Waals surface area contributed by atoms with Crippen LogP contribution in [0.15, 0.2) is 30.3 Å². The molecule has 1 aliphatic heterocycles. The first-order valence-corrected chi connectivity index (χ1v) is 7.40. The monoisotopic (exact) mass is 311 g/mol. The molecule has 0 radical (unpaired) electrons. The molecular formula is C16H25NO5. The van der Waals surface area contributed by atoms with E-state index in [1.54, 1.807) is 7.11 Å². The molecule has 2 rings (SSSR count). The van der Waals surface area contributed by atoms with Crippen LogP contribution in [0.2, 0.25) is 0 Å². The molecule has 1 aromatic carbocycles. The summed E-state index contributed by atoms with van der Waals surface area (Å²) in [7, 11) is 1.56. The molecular weight excluding hydrogens is 286 g/mol. The zero-order chi connectivity index (χ0) is 16.0. The first kappa shape index (κ1) is 17.3. The SMILES string of the molecule is COCOC[C@@H]([C@H]1COC(C)(C)O1)N(O)Cc1ccccc1. The topological polar surface area (TPSA) is 60.4 Å². The van der Waals surface area contributed by atoms with Crippen molar-refractivity contribution in [2.24, 2.45) is 0 Å². The molecule has 0 spiro atoms. The van der Waals surface area contributed by atoms with Gasteiger partial charge >= 0.3 is 0 Å². The van der Waals surface area contributed by atoms with Gasteiger partial charge in [0.1, 0.15) is 12.9 Å². The Bertz CT molecular complexity index is 439. The van der Waals surface area contributed by atoms with E-state index in [-0.39, 0.29) is 18.9 Å². The second kappa shape index (κ2) is 8.01. The molecule has 0 bridgehead atoms. The quantitative estimate of drug-likeness (QED) is 0.450. The molecule has 0 unspecified atom stereocenters. The normalized spacial score (nSPS) is 22.1. The average molecular weight is 311 g/mol. The Kier molecular flexibility index (Phi) is 6.31. The van der Waals surface area contributed by atoms with Crippen molar-refractivity contribution in [1.29, 1.82) is 0 Å². The molecule has 1 fully saturated rings. The van der Waals surface area contributed by atoms with E-state index in [1.807, 2.05) is 44.2 Å². The van der Waals surface area contributed by atoms with Crippen LogP contribution >= 0.6 is 0 Å². The van der Waals surface area contributed by atoms with Gasteiger partial charge in [-0.2, -0.15) is 5.06 Å². The standard InChI is InChI=1S/C16H25NO5/c1-16(2)21-11-15(22-16)14(10-20-12-19-3)17(18)9-13-7-5-4-6-8-13/h4-8,14-15,18H,9-12H2,1-3H3/t14-,15+/m0/s1. The molecule has 0 aromatic heterocycles. The summed E-state index contributed by atoms with van der Waals surface area (Å²) in [6.07, 6.45) is -0.263. The molecule has 6 heteroatoms. The molecule has 1 aliphatic rings. The molecule has 1 N–H and O–H groups in total. The molecule has 1 aromatic rings. The van der Waals surface area contributed by atoms with Gasteiger partial charge in [0.05, 0.1) is 19.3 Å². The highest BCUT2D eigenvalue weighted by Gasteiger charge is 2.39. The molecule has 1 saturated heterocycles. The third kappa shape index (κ3) is 5.01. The Labute approximate surface area is 131 Å². The Hall–Kier alpha value is -1.02. The number of ether oxygens (including phenoxy) is 4. The van der Waals surface area contributed by atoms with Crippen LogP contribution in [0.3, 0.4) is 0 Å². The zero-order valence-corrected chi connectivity index (χ0v) is 13.4. The van der Waals surface area contributed by atoms with Crippen LogP contribution in [0.5, 0.6) is 0 Å². The van der Waals surface area contributed by atoms with Crippen LogP contribution in [-0.4, -0.2) is 55.3 Å². The maximum Gasteiger partial charge on any atom is 0.163 e. The highest BCUT2D eigenvalue weighted by atomic mass is 16.7. The van der Waals surface area contributed by atoms with Crippen molar-refractivity contribution in [2.45, 2.75) is 38.3 Å². The number of hydrogen-bond donors (Lipinski definition) is 1. The number of benzene rings is 1. The van der Waals surface area contributed by atoms with Gasteiger partial charge in [-0.05, 0) is 19.4 Å². The predicted molar refractivity (Wildman–Crippen MR) is 80.3 cm³/mol. The van der Waals surface area contributed by atoms with Gasteiger partial charge in [0, 0.05) is 13.7 Å². The van der Waals surface area contributed by atoms with E-state index >= 15 is 0 Å². The summed E-state index contributed by atoms with van der Waals surface area (Å²) < 4.78 is 21.8. The second-order valence-corrected chi connectivity index (χ2v) is 5.79. The van der Waals surface area contributed by atoms with Crippen molar-refractivity contribution in [2.75, 3.05) is 27.1 Å². The predicted octanol–water partition coefficient (Wildman–Crippen LogP) is 2.02. The van der Waals surface area contributed by atoms with E-state index in [0.29, 0.717) is 19.8 Å². The van der Waals surface area contributed by atoms with E-state index in [9.17, 15) is 5.21 Å². The lowest BCUT2D eigenvalue weighted by Crippen LogP contribution is -2.46. The van der Waals surface area contributed by atoms with Crippen molar-refractivity contribution in [3.63, 3.8) is 0 Å². The van der Waals surface area contributed by atoms with Gasteiger partial charge < -0.3 is 24.2 Å². The minimum atomic E-state index is -0.641. The van der Waals surface area contributed by atoms with Gasteiger partial charge in [0.25, 0.3) is 0 Å². The summed E-state index contributed by atoms with van der Waals surface area (Å²) >= 11 is 0. The second-order valence-electron chi connectivity index (χ2n) is 5.79. The van der Waals surface area contributed by atoms with E-state index in [1.165, 1.54) is 5.06 Å². The van der Waals surface area contributed by atoms with Crippen LogP contribution in [0.4, 0.5) is 0 Å². The largest absolute Gasteiger partial charge is 0.359 e. The fourth-order valence-corrected chi connectivity index (χ4v) is 2.43. The lowest BCUT2D eigenvalue weighted by Gasteiger charge is -2.30. The van der Waals surface area contributed by atoms with E-state index in [0.717, 1.165) is 5.56 Å². The average Bonchev–Trinajstić information content (AvgIpc) is 2.84. The van der Waals surface area contributed by atoms with Crippen molar-refractivity contribution >= 4 is 0 Å². The number of nitrogens with zero attached hydrogens (tertiary/aromatic N) is 1. The fraction of sp³-hybridized carbons (Fsp3) is 0.625. The lowest BCUT2D eigenvalue weighted by molar-refractivity contribution is -0.205. The number of hydrogen-bond acceptors (Lipinski definition) is 6. The first-order chi connectivity index (χ1) is 10.5. The summed E-state index contributed by atoms with van der Waals surface area (Å²) in [5.41, 5.74) is 1.01. The van der Waals surface area contributed by atoms with Gasteiger partial charge in [-0.15, -0.1) is 0 Å². The molecule has 1 heterocycles. The van der Waals surface area contributed by atoms with Crippen LogP contribution in [0, 0.1) is 0 Å². The van der Waals surface area contributed by atoms with Gasteiger partial charge in [-0.1, -0.05) is 30.3 Å². The molecule has 2 atom stereocenters. The summed E-state index contributed by atoms with van der Waals surface area (Å²) in [6.45, 7) is 4.99. The molecule has 0 aliphatic carbocycles. The van der Waals surface area contributed by atoms with Crippen molar-refractivity contribution in [3.8, 4) is 0 Å².